The number of hydrogen-bond acceptors (Lipinski definition) is 5. The molecule has 1 saturated heterocycles. The van der Waals surface area contributed by atoms with Crippen molar-refractivity contribution >= 4 is 25.8 Å². The molecule has 0 aliphatic carbocycles. The lowest BCUT2D eigenvalue weighted by atomic mass is 9.74. The van der Waals surface area contributed by atoms with E-state index in [1.54, 1.807) is 4.90 Å². The van der Waals surface area contributed by atoms with Crippen molar-refractivity contribution < 1.29 is 18.5 Å². The molecule has 2 rings (SSSR count). The zero-order chi connectivity index (χ0) is 28.3. The molecule has 0 spiro atoms. The molecular formula is C29H52N2O4SSi. The number of nitrogens with zero attached hydrogens (tertiary/aromatic N) is 1. The van der Waals surface area contributed by atoms with Gasteiger partial charge in [-0.05, 0) is 62.7 Å². The largest absolute Gasteiger partial charge is 0.598 e. The number of hydrogen-bond donors (Lipinski definition) is 1. The maximum atomic E-state index is 13.3. The molecule has 37 heavy (non-hydrogen) atoms. The summed E-state index contributed by atoms with van der Waals surface area (Å²) in [5, 5.41) is 0.145. The maximum absolute atomic E-state index is 13.3. The molecule has 1 aromatic carbocycles. The van der Waals surface area contributed by atoms with E-state index >= 15 is 0 Å². The third kappa shape index (κ3) is 9.27. The number of amides is 1. The van der Waals surface area contributed by atoms with E-state index < -0.39 is 19.7 Å². The van der Waals surface area contributed by atoms with Crippen LogP contribution < -0.4 is 4.72 Å². The van der Waals surface area contributed by atoms with Gasteiger partial charge < -0.3 is 18.6 Å². The van der Waals surface area contributed by atoms with Crippen LogP contribution in [0, 0.1) is 10.8 Å². The molecule has 1 aliphatic rings. The Hall–Kier alpha value is -1.06. The molecule has 8 heteroatoms. The molecule has 212 valence electrons. The molecule has 1 aromatic rings. The predicted molar refractivity (Wildman–Crippen MR) is 157 cm³/mol. The summed E-state index contributed by atoms with van der Waals surface area (Å²) in [5.74, 6) is 0. The van der Waals surface area contributed by atoms with Gasteiger partial charge in [0, 0.05) is 36.5 Å². The lowest BCUT2D eigenvalue weighted by molar-refractivity contribution is 0.0907. The second-order valence-corrected chi connectivity index (χ2v) is 21.1. The standard InChI is InChI=1S/C29H52N2O4SSi/c1-26(2,3)36(33)30-24(19-28(7,8)22-35-37(10,11)27(4,5)6)29(9)17-18-31(21-29)25(32)34-20-23-15-13-12-14-16-23/h12-16,24,30H,17-22H2,1-11H3/t24-,29+,36-/m0/s1. The van der Waals surface area contributed by atoms with E-state index in [1.807, 2.05) is 51.1 Å². The first-order chi connectivity index (χ1) is 16.8. The third-order valence-electron chi connectivity index (χ3n) is 8.00. The molecule has 1 amide bonds. The topological polar surface area (TPSA) is 73.9 Å². The van der Waals surface area contributed by atoms with E-state index in [-0.39, 0.29) is 39.4 Å². The summed E-state index contributed by atoms with van der Waals surface area (Å²) >= 11 is -1.23. The van der Waals surface area contributed by atoms with Crippen molar-refractivity contribution in [2.75, 3.05) is 19.7 Å². The van der Waals surface area contributed by atoms with Gasteiger partial charge in [-0.3, -0.25) is 0 Å². The van der Waals surface area contributed by atoms with Crippen molar-refractivity contribution in [2.45, 2.75) is 111 Å². The lowest BCUT2D eigenvalue weighted by Gasteiger charge is -2.43. The SMILES string of the molecule is CC(C)(CO[Si](C)(C)C(C)(C)C)C[C@H](N[S@@+]([O-])C(C)(C)C)[C@]1(C)CCN(C(=O)OCc2ccccc2)C1. The Morgan fingerprint density at radius 1 is 1.14 bits per heavy atom. The molecule has 6 nitrogen and oxygen atoms in total. The Balaban J connectivity index is 2.14. The number of ether oxygens (including phenoxy) is 1. The number of benzene rings is 1. The lowest BCUT2D eigenvalue weighted by Crippen LogP contribution is -2.54. The van der Waals surface area contributed by atoms with Gasteiger partial charge in [0.1, 0.15) is 11.4 Å². The Bertz CT molecular complexity index is 882. The Morgan fingerprint density at radius 2 is 1.73 bits per heavy atom. The van der Waals surface area contributed by atoms with Crippen LogP contribution >= 0.6 is 0 Å². The fraction of sp³-hybridized carbons (Fsp3) is 0.759. The summed E-state index contributed by atoms with van der Waals surface area (Å²) in [7, 11) is -1.89. The van der Waals surface area contributed by atoms with Gasteiger partial charge in [-0.1, -0.05) is 71.9 Å². The number of carbonyl (C=O) groups is 1. The zero-order valence-corrected chi connectivity index (χ0v) is 27.0. The Morgan fingerprint density at radius 3 is 2.27 bits per heavy atom. The Labute approximate surface area is 230 Å². The van der Waals surface area contributed by atoms with Gasteiger partial charge in [0.05, 0.1) is 6.04 Å². The first-order valence-corrected chi connectivity index (χ1v) is 17.6. The first-order valence-electron chi connectivity index (χ1n) is 13.5. The summed E-state index contributed by atoms with van der Waals surface area (Å²) in [6, 6.07) is 9.70. The van der Waals surface area contributed by atoms with Crippen molar-refractivity contribution in [1.29, 1.82) is 0 Å². The van der Waals surface area contributed by atoms with E-state index in [2.05, 4.69) is 59.4 Å². The van der Waals surface area contributed by atoms with E-state index in [4.69, 9.17) is 9.16 Å². The van der Waals surface area contributed by atoms with E-state index in [0.717, 1.165) is 18.4 Å². The number of rotatable bonds is 10. The predicted octanol–water partition coefficient (Wildman–Crippen LogP) is 6.89. The minimum atomic E-state index is -1.89. The molecule has 1 fully saturated rings. The molecule has 0 aromatic heterocycles. The highest BCUT2D eigenvalue weighted by Gasteiger charge is 2.48. The van der Waals surface area contributed by atoms with Crippen molar-refractivity contribution in [2.24, 2.45) is 10.8 Å². The summed E-state index contributed by atoms with van der Waals surface area (Å²) in [4.78, 5) is 14.7. The molecule has 1 aliphatic heterocycles. The van der Waals surface area contributed by atoms with Crippen molar-refractivity contribution in [3.8, 4) is 0 Å². The van der Waals surface area contributed by atoms with E-state index in [0.29, 0.717) is 19.7 Å². The van der Waals surface area contributed by atoms with Gasteiger partial charge in [-0.25, -0.2) is 4.79 Å². The van der Waals surface area contributed by atoms with E-state index in [1.165, 1.54) is 0 Å². The van der Waals surface area contributed by atoms with Crippen LogP contribution in [0.4, 0.5) is 4.79 Å². The molecule has 0 bridgehead atoms. The average Bonchev–Trinajstić information content (AvgIpc) is 3.18. The number of likely N-dealkylation sites (tertiary alicyclic amines) is 1. The minimum absolute atomic E-state index is 0.0440. The normalized spacial score (nSPS) is 21.1. The van der Waals surface area contributed by atoms with Crippen molar-refractivity contribution in [3.05, 3.63) is 35.9 Å². The minimum Gasteiger partial charge on any atom is -0.598 e. The van der Waals surface area contributed by atoms with Crippen molar-refractivity contribution in [3.63, 3.8) is 0 Å². The highest BCUT2D eigenvalue weighted by atomic mass is 32.2. The second kappa shape index (κ2) is 12.0. The zero-order valence-electron chi connectivity index (χ0n) is 25.2. The average molecular weight is 553 g/mol. The van der Waals surface area contributed by atoms with Crippen LogP contribution in [0.25, 0.3) is 0 Å². The van der Waals surface area contributed by atoms with Crippen LogP contribution in [0.3, 0.4) is 0 Å². The van der Waals surface area contributed by atoms with Gasteiger partial charge in [0.25, 0.3) is 0 Å². The Kier molecular flexibility index (Phi) is 10.4. The monoisotopic (exact) mass is 552 g/mol. The maximum Gasteiger partial charge on any atom is 0.410 e. The summed E-state index contributed by atoms with van der Waals surface area (Å²) in [5.41, 5.74) is 0.613. The fourth-order valence-electron chi connectivity index (χ4n) is 4.18. The highest BCUT2D eigenvalue weighted by molar-refractivity contribution is 7.90. The molecular weight excluding hydrogens is 500 g/mol. The van der Waals surface area contributed by atoms with Crippen LogP contribution in [-0.2, 0) is 27.1 Å². The first kappa shape index (κ1) is 32.2. The van der Waals surface area contributed by atoms with Crippen LogP contribution in [-0.4, -0.2) is 54.3 Å². The second-order valence-electron chi connectivity index (χ2n) is 14.3. The van der Waals surface area contributed by atoms with Gasteiger partial charge >= 0.3 is 6.09 Å². The highest BCUT2D eigenvalue weighted by Crippen LogP contribution is 2.42. The molecule has 0 unspecified atom stereocenters. The van der Waals surface area contributed by atoms with Gasteiger partial charge in [0.15, 0.2) is 8.32 Å². The molecule has 1 heterocycles. The molecule has 1 N–H and O–H groups in total. The van der Waals surface area contributed by atoms with Gasteiger partial charge in [-0.15, -0.1) is 4.72 Å². The fourth-order valence-corrected chi connectivity index (χ4v) is 6.34. The quantitative estimate of drug-likeness (QED) is 0.253. The number of carbonyl (C=O) groups excluding carboxylic acids is 1. The van der Waals surface area contributed by atoms with Crippen LogP contribution in [0.15, 0.2) is 30.3 Å². The van der Waals surface area contributed by atoms with Crippen LogP contribution in [0.2, 0.25) is 18.1 Å². The van der Waals surface area contributed by atoms with Gasteiger partial charge in [-0.2, -0.15) is 0 Å². The summed E-state index contributed by atoms with van der Waals surface area (Å²) < 4.78 is 28.6. The third-order valence-corrected chi connectivity index (χ3v) is 14.1. The summed E-state index contributed by atoms with van der Waals surface area (Å²) in [6.07, 6.45) is 1.34. The van der Waals surface area contributed by atoms with Gasteiger partial charge in [0.2, 0.25) is 0 Å². The number of nitrogens with one attached hydrogen (secondary N) is 1. The van der Waals surface area contributed by atoms with Crippen LogP contribution in [0.5, 0.6) is 0 Å². The summed E-state index contributed by atoms with van der Waals surface area (Å²) in [6.45, 7) is 26.1. The smallest absolute Gasteiger partial charge is 0.410 e. The van der Waals surface area contributed by atoms with Crippen LogP contribution in [0.1, 0.15) is 80.7 Å². The molecule has 3 atom stereocenters. The van der Waals surface area contributed by atoms with Crippen molar-refractivity contribution in [1.82, 2.24) is 9.62 Å². The molecule has 0 radical (unpaired) electrons. The van der Waals surface area contributed by atoms with E-state index in [9.17, 15) is 9.35 Å². The molecule has 0 saturated carbocycles.